The van der Waals surface area contributed by atoms with Crippen molar-refractivity contribution in [3.05, 3.63) is 0 Å². The van der Waals surface area contributed by atoms with Crippen LogP contribution in [-0.2, 0) is 9.53 Å². The van der Waals surface area contributed by atoms with Crippen LogP contribution in [0.1, 0.15) is 32.6 Å². The minimum atomic E-state index is -0.745. The highest BCUT2D eigenvalue weighted by atomic mass is 16.5. The summed E-state index contributed by atoms with van der Waals surface area (Å²) in [6, 6.07) is 0. The average molecular weight is 243 g/mol. The van der Waals surface area contributed by atoms with E-state index in [0.717, 1.165) is 12.5 Å². The van der Waals surface area contributed by atoms with Crippen molar-refractivity contribution in [1.29, 1.82) is 0 Å². The molecular formula is C13H25NO3. The first-order chi connectivity index (χ1) is 8.11. The molecule has 1 rings (SSSR count). The van der Waals surface area contributed by atoms with Crippen LogP contribution in [0.5, 0.6) is 0 Å². The van der Waals surface area contributed by atoms with E-state index in [1.807, 2.05) is 4.90 Å². The molecule has 100 valence electrons. The average Bonchev–Trinajstić information content (AvgIpc) is 2.25. The number of carboxylic acids is 1. The van der Waals surface area contributed by atoms with Gasteiger partial charge in [-0.1, -0.05) is 19.8 Å². The number of aliphatic carboxylic acids is 1. The third-order valence-electron chi connectivity index (χ3n) is 3.53. The van der Waals surface area contributed by atoms with Gasteiger partial charge in [-0.05, 0) is 24.7 Å². The van der Waals surface area contributed by atoms with Gasteiger partial charge in [0.25, 0.3) is 0 Å². The molecule has 1 fully saturated rings. The molecule has 0 aromatic carbocycles. The quantitative estimate of drug-likeness (QED) is 0.741. The summed E-state index contributed by atoms with van der Waals surface area (Å²) in [6.07, 6.45) is 5.10. The van der Waals surface area contributed by atoms with Gasteiger partial charge >= 0.3 is 5.97 Å². The van der Waals surface area contributed by atoms with E-state index in [1.54, 1.807) is 7.11 Å². The largest absolute Gasteiger partial charge is 0.480 e. The SMILES string of the molecule is COCCN(CC(=O)O)CC1CCCC(C)C1. The standard InChI is InChI=1S/C13H25NO3/c1-11-4-3-5-12(8-11)9-14(6-7-17-2)10-13(15)16/h11-12H,3-10H2,1-2H3,(H,15,16). The number of hydrogen-bond acceptors (Lipinski definition) is 3. The van der Waals surface area contributed by atoms with Crippen LogP contribution >= 0.6 is 0 Å². The fourth-order valence-electron chi connectivity index (χ4n) is 2.74. The van der Waals surface area contributed by atoms with Crippen LogP contribution in [0.15, 0.2) is 0 Å². The van der Waals surface area contributed by atoms with Crippen molar-refractivity contribution in [2.75, 3.05) is 33.4 Å². The Labute approximate surface area is 104 Å². The van der Waals surface area contributed by atoms with E-state index in [-0.39, 0.29) is 6.54 Å². The van der Waals surface area contributed by atoms with E-state index < -0.39 is 5.97 Å². The third kappa shape index (κ3) is 6.03. The maximum Gasteiger partial charge on any atom is 0.317 e. The molecule has 0 amide bonds. The van der Waals surface area contributed by atoms with Crippen LogP contribution in [0.4, 0.5) is 0 Å². The fraction of sp³-hybridized carbons (Fsp3) is 0.923. The molecule has 1 saturated carbocycles. The number of carboxylic acid groups (broad SMARTS) is 1. The van der Waals surface area contributed by atoms with Crippen LogP contribution in [0, 0.1) is 11.8 Å². The van der Waals surface area contributed by atoms with Gasteiger partial charge in [-0.3, -0.25) is 9.69 Å². The van der Waals surface area contributed by atoms with Gasteiger partial charge in [-0.2, -0.15) is 0 Å². The second-order valence-electron chi connectivity index (χ2n) is 5.26. The van der Waals surface area contributed by atoms with Gasteiger partial charge in [0.15, 0.2) is 0 Å². The fourth-order valence-corrected chi connectivity index (χ4v) is 2.74. The molecule has 0 aromatic heterocycles. The topological polar surface area (TPSA) is 49.8 Å². The second-order valence-corrected chi connectivity index (χ2v) is 5.26. The molecule has 4 nitrogen and oxygen atoms in total. The van der Waals surface area contributed by atoms with Gasteiger partial charge in [0.05, 0.1) is 13.2 Å². The molecule has 0 saturated heterocycles. The van der Waals surface area contributed by atoms with E-state index >= 15 is 0 Å². The van der Waals surface area contributed by atoms with Gasteiger partial charge in [-0.15, -0.1) is 0 Å². The molecule has 1 aliphatic carbocycles. The van der Waals surface area contributed by atoms with Crippen molar-refractivity contribution in [3.63, 3.8) is 0 Å². The lowest BCUT2D eigenvalue weighted by Gasteiger charge is -2.31. The first-order valence-corrected chi connectivity index (χ1v) is 6.55. The summed E-state index contributed by atoms with van der Waals surface area (Å²) in [5, 5.41) is 8.88. The number of carbonyl (C=O) groups is 1. The molecule has 1 aliphatic rings. The predicted octanol–water partition coefficient (Wildman–Crippen LogP) is 1.85. The summed E-state index contributed by atoms with van der Waals surface area (Å²) in [5.74, 6) is 0.711. The highest BCUT2D eigenvalue weighted by Gasteiger charge is 2.22. The zero-order valence-electron chi connectivity index (χ0n) is 11.0. The van der Waals surface area contributed by atoms with Crippen LogP contribution in [0.25, 0.3) is 0 Å². The molecule has 0 heterocycles. The zero-order chi connectivity index (χ0) is 12.7. The highest BCUT2D eigenvalue weighted by Crippen LogP contribution is 2.28. The van der Waals surface area contributed by atoms with Gasteiger partial charge in [-0.25, -0.2) is 0 Å². The number of hydrogen-bond donors (Lipinski definition) is 1. The van der Waals surface area contributed by atoms with Crippen LogP contribution < -0.4 is 0 Å². The Morgan fingerprint density at radius 3 is 2.82 bits per heavy atom. The smallest absolute Gasteiger partial charge is 0.317 e. The second kappa shape index (κ2) is 7.67. The summed E-state index contributed by atoms with van der Waals surface area (Å²) in [6.45, 7) is 4.65. The molecule has 0 radical (unpaired) electrons. The molecule has 0 aliphatic heterocycles. The lowest BCUT2D eigenvalue weighted by molar-refractivity contribution is -0.138. The maximum atomic E-state index is 10.8. The Morgan fingerprint density at radius 1 is 1.47 bits per heavy atom. The summed E-state index contributed by atoms with van der Waals surface area (Å²) in [4.78, 5) is 12.8. The summed E-state index contributed by atoms with van der Waals surface area (Å²) < 4.78 is 5.03. The van der Waals surface area contributed by atoms with Crippen LogP contribution in [-0.4, -0.2) is 49.3 Å². The summed E-state index contributed by atoms with van der Waals surface area (Å²) in [5.41, 5.74) is 0. The molecule has 0 spiro atoms. The number of nitrogens with zero attached hydrogens (tertiary/aromatic N) is 1. The Kier molecular flexibility index (Phi) is 6.52. The highest BCUT2D eigenvalue weighted by molar-refractivity contribution is 5.69. The van der Waals surface area contributed by atoms with Crippen molar-refractivity contribution in [2.45, 2.75) is 32.6 Å². The summed E-state index contributed by atoms with van der Waals surface area (Å²) in [7, 11) is 1.65. The molecule has 0 aromatic rings. The van der Waals surface area contributed by atoms with Crippen molar-refractivity contribution < 1.29 is 14.6 Å². The van der Waals surface area contributed by atoms with Crippen molar-refractivity contribution >= 4 is 5.97 Å². The third-order valence-corrected chi connectivity index (χ3v) is 3.53. The minimum Gasteiger partial charge on any atom is -0.480 e. The molecule has 2 unspecified atom stereocenters. The van der Waals surface area contributed by atoms with E-state index in [2.05, 4.69) is 6.92 Å². The molecule has 17 heavy (non-hydrogen) atoms. The van der Waals surface area contributed by atoms with E-state index in [0.29, 0.717) is 19.1 Å². The lowest BCUT2D eigenvalue weighted by Crippen LogP contribution is -2.37. The predicted molar refractivity (Wildman–Crippen MR) is 67.1 cm³/mol. The van der Waals surface area contributed by atoms with E-state index in [1.165, 1.54) is 25.7 Å². The molecule has 4 heteroatoms. The Bertz CT molecular complexity index is 233. The Morgan fingerprint density at radius 2 is 2.24 bits per heavy atom. The lowest BCUT2D eigenvalue weighted by atomic mass is 9.82. The van der Waals surface area contributed by atoms with Gasteiger partial charge in [0.2, 0.25) is 0 Å². The zero-order valence-corrected chi connectivity index (χ0v) is 11.0. The van der Waals surface area contributed by atoms with Crippen LogP contribution in [0.3, 0.4) is 0 Å². The van der Waals surface area contributed by atoms with E-state index in [4.69, 9.17) is 9.84 Å². The normalized spacial score (nSPS) is 25.1. The minimum absolute atomic E-state index is 0.133. The molecule has 1 N–H and O–H groups in total. The maximum absolute atomic E-state index is 10.8. The Hall–Kier alpha value is -0.610. The van der Waals surface area contributed by atoms with Gasteiger partial charge in [0.1, 0.15) is 0 Å². The molecule has 2 atom stereocenters. The van der Waals surface area contributed by atoms with Crippen LogP contribution in [0.2, 0.25) is 0 Å². The number of methoxy groups -OCH3 is 1. The van der Waals surface area contributed by atoms with Crippen molar-refractivity contribution in [3.8, 4) is 0 Å². The number of rotatable bonds is 7. The Balaban J connectivity index is 2.37. The van der Waals surface area contributed by atoms with Gasteiger partial charge in [0, 0.05) is 20.2 Å². The van der Waals surface area contributed by atoms with Gasteiger partial charge < -0.3 is 9.84 Å². The molecular weight excluding hydrogens is 218 g/mol. The first kappa shape index (κ1) is 14.5. The molecule has 0 bridgehead atoms. The van der Waals surface area contributed by atoms with E-state index in [9.17, 15) is 4.79 Å². The van der Waals surface area contributed by atoms with Crippen molar-refractivity contribution in [1.82, 2.24) is 4.90 Å². The van der Waals surface area contributed by atoms with Crippen molar-refractivity contribution in [2.24, 2.45) is 11.8 Å². The number of ether oxygens (including phenoxy) is 1. The summed E-state index contributed by atoms with van der Waals surface area (Å²) >= 11 is 0. The first-order valence-electron chi connectivity index (χ1n) is 6.55. The monoisotopic (exact) mass is 243 g/mol.